The van der Waals surface area contributed by atoms with E-state index in [1.165, 1.54) is 0 Å². The molecule has 0 saturated heterocycles. The first-order chi connectivity index (χ1) is 13.3. The van der Waals surface area contributed by atoms with Gasteiger partial charge in [-0.05, 0) is 56.5 Å². The molecule has 2 amide bonds. The molecule has 0 bridgehead atoms. The van der Waals surface area contributed by atoms with Crippen molar-refractivity contribution in [1.82, 2.24) is 10.2 Å². The highest BCUT2D eigenvalue weighted by Crippen LogP contribution is 2.17. The molecule has 1 atom stereocenters. The second-order valence-corrected chi connectivity index (χ2v) is 7.31. The zero-order chi connectivity index (χ0) is 20.7. The molecule has 0 heterocycles. The van der Waals surface area contributed by atoms with Crippen molar-refractivity contribution in [2.45, 2.75) is 52.7 Å². The standard InChI is InChI=1S/C23H30N2O3/c1-16(2)24-23(27)18(4)25(15-19-10-12-21(28-5)13-11-19)22(26)14-20-9-7-6-8-17(20)3/h6-13,16,18H,14-15H2,1-5H3,(H,24,27). The van der Waals surface area contributed by atoms with Gasteiger partial charge in [0.15, 0.2) is 0 Å². The fourth-order valence-corrected chi connectivity index (χ4v) is 2.99. The van der Waals surface area contributed by atoms with E-state index in [0.29, 0.717) is 6.54 Å². The first-order valence-electron chi connectivity index (χ1n) is 9.59. The Kier molecular flexibility index (Phi) is 7.61. The summed E-state index contributed by atoms with van der Waals surface area (Å²) in [6.45, 7) is 7.95. The molecule has 2 aromatic carbocycles. The van der Waals surface area contributed by atoms with Crippen LogP contribution in [0, 0.1) is 6.92 Å². The second kappa shape index (κ2) is 9.93. The monoisotopic (exact) mass is 382 g/mol. The molecule has 2 aromatic rings. The van der Waals surface area contributed by atoms with Gasteiger partial charge in [-0.2, -0.15) is 0 Å². The smallest absolute Gasteiger partial charge is 0.242 e. The second-order valence-electron chi connectivity index (χ2n) is 7.31. The van der Waals surface area contributed by atoms with Gasteiger partial charge >= 0.3 is 0 Å². The summed E-state index contributed by atoms with van der Waals surface area (Å²) in [5, 5.41) is 2.90. The van der Waals surface area contributed by atoms with Crippen LogP contribution in [0.2, 0.25) is 0 Å². The predicted octanol–water partition coefficient (Wildman–Crippen LogP) is 3.49. The van der Waals surface area contributed by atoms with Crippen molar-refractivity contribution in [3.8, 4) is 5.75 Å². The Morgan fingerprint density at radius 2 is 1.68 bits per heavy atom. The maximum Gasteiger partial charge on any atom is 0.242 e. The molecule has 0 radical (unpaired) electrons. The molecular formula is C23H30N2O3. The van der Waals surface area contributed by atoms with Crippen LogP contribution in [0.25, 0.3) is 0 Å². The predicted molar refractivity (Wildman–Crippen MR) is 111 cm³/mol. The van der Waals surface area contributed by atoms with Crippen molar-refractivity contribution in [1.29, 1.82) is 0 Å². The van der Waals surface area contributed by atoms with Crippen LogP contribution in [-0.4, -0.2) is 35.9 Å². The molecule has 0 fully saturated rings. The molecule has 0 spiro atoms. The molecule has 1 unspecified atom stereocenters. The fourth-order valence-electron chi connectivity index (χ4n) is 2.99. The van der Waals surface area contributed by atoms with E-state index in [-0.39, 0.29) is 24.3 Å². The molecule has 0 aromatic heterocycles. The van der Waals surface area contributed by atoms with Crippen molar-refractivity contribution >= 4 is 11.8 Å². The van der Waals surface area contributed by atoms with Crippen LogP contribution < -0.4 is 10.1 Å². The van der Waals surface area contributed by atoms with E-state index in [1.54, 1.807) is 18.9 Å². The van der Waals surface area contributed by atoms with E-state index in [0.717, 1.165) is 22.4 Å². The molecule has 0 saturated carbocycles. The van der Waals surface area contributed by atoms with Gasteiger partial charge in [0.2, 0.25) is 11.8 Å². The van der Waals surface area contributed by atoms with Gasteiger partial charge in [0.25, 0.3) is 0 Å². The number of hydrogen-bond acceptors (Lipinski definition) is 3. The number of carbonyl (C=O) groups excluding carboxylic acids is 2. The zero-order valence-corrected chi connectivity index (χ0v) is 17.4. The van der Waals surface area contributed by atoms with E-state index >= 15 is 0 Å². The van der Waals surface area contributed by atoms with Gasteiger partial charge in [-0.1, -0.05) is 36.4 Å². The minimum absolute atomic E-state index is 0.0178. The number of rotatable bonds is 8. The average Bonchev–Trinajstić information content (AvgIpc) is 2.67. The van der Waals surface area contributed by atoms with Gasteiger partial charge in [-0.15, -0.1) is 0 Å². The topological polar surface area (TPSA) is 58.6 Å². The summed E-state index contributed by atoms with van der Waals surface area (Å²) in [4.78, 5) is 27.4. The largest absolute Gasteiger partial charge is 0.497 e. The fraction of sp³-hybridized carbons (Fsp3) is 0.391. The summed E-state index contributed by atoms with van der Waals surface area (Å²) in [5.41, 5.74) is 2.99. The van der Waals surface area contributed by atoms with Crippen molar-refractivity contribution < 1.29 is 14.3 Å². The first-order valence-corrected chi connectivity index (χ1v) is 9.59. The van der Waals surface area contributed by atoms with Gasteiger partial charge in [-0.3, -0.25) is 9.59 Å². The number of amides is 2. The Labute approximate surface area is 167 Å². The Hall–Kier alpha value is -2.82. The SMILES string of the molecule is COc1ccc(CN(C(=O)Cc2ccccc2C)C(C)C(=O)NC(C)C)cc1. The van der Waals surface area contributed by atoms with Crippen LogP contribution in [0.5, 0.6) is 5.75 Å². The van der Waals surface area contributed by atoms with Crippen LogP contribution >= 0.6 is 0 Å². The molecule has 5 heteroatoms. The Balaban J connectivity index is 2.24. The Morgan fingerprint density at radius 3 is 2.25 bits per heavy atom. The minimum atomic E-state index is -0.568. The lowest BCUT2D eigenvalue weighted by atomic mass is 10.0. The van der Waals surface area contributed by atoms with Crippen molar-refractivity contribution in [2.75, 3.05) is 7.11 Å². The minimum Gasteiger partial charge on any atom is -0.497 e. The number of nitrogens with one attached hydrogen (secondary N) is 1. The molecule has 28 heavy (non-hydrogen) atoms. The summed E-state index contributed by atoms with van der Waals surface area (Å²) in [6, 6.07) is 14.8. The van der Waals surface area contributed by atoms with Gasteiger partial charge in [0, 0.05) is 12.6 Å². The lowest BCUT2D eigenvalue weighted by Gasteiger charge is -2.29. The highest BCUT2D eigenvalue weighted by atomic mass is 16.5. The van der Waals surface area contributed by atoms with Crippen LogP contribution in [0.3, 0.4) is 0 Å². The van der Waals surface area contributed by atoms with Crippen molar-refractivity contribution in [3.05, 3.63) is 65.2 Å². The summed E-state index contributed by atoms with van der Waals surface area (Å²) in [7, 11) is 1.62. The lowest BCUT2D eigenvalue weighted by Crippen LogP contribution is -2.49. The van der Waals surface area contributed by atoms with E-state index in [1.807, 2.05) is 69.3 Å². The van der Waals surface area contributed by atoms with Gasteiger partial charge < -0.3 is 15.0 Å². The highest BCUT2D eigenvalue weighted by Gasteiger charge is 2.26. The molecule has 0 aliphatic heterocycles. The summed E-state index contributed by atoms with van der Waals surface area (Å²) in [6.07, 6.45) is 0.266. The zero-order valence-electron chi connectivity index (χ0n) is 17.4. The Bertz CT molecular complexity index is 800. The third-order valence-electron chi connectivity index (χ3n) is 4.71. The molecule has 0 aliphatic carbocycles. The quantitative estimate of drug-likeness (QED) is 0.760. The van der Waals surface area contributed by atoms with Crippen LogP contribution in [0.4, 0.5) is 0 Å². The van der Waals surface area contributed by atoms with E-state index in [2.05, 4.69) is 5.32 Å². The third kappa shape index (κ3) is 5.84. The average molecular weight is 383 g/mol. The van der Waals surface area contributed by atoms with Crippen LogP contribution in [0.1, 0.15) is 37.5 Å². The molecule has 0 aliphatic rings. The third-order valence-corrected chi connectivity index (χ3v) is 4.71. The normalized spacial score (nSPS) is 11.8. The van der Waals surface area contributed by atoms with Crippen LogP contribution in [-0.2, 0) is 22.6 Å². The number of hydrogen-bond donors (Lipinski definition) is 1. The van der Waals surface area contributed by atoms with Crippen LogP contribution in [0.15, 0.2) is 48.5 Å². The molecular weight excluding hydrogens is 352 g/mol. The number of aryl methyl sites for hydroxylation is 1. The summed E-state index contributed by atoms with van der Waals surface area (Å²) >= 11 is 0. The van der Waals surface area contributed by atoms with E-state index in [9.17, 15) is 9.59 Å². The molecule has 150 valence electrons. The Morgan fingerprint density at radius 1 is 1.04 bits per heavy atom. The number of carbonyl (C=O) groups is 2. The summed E-state index contributed by atoms with van der Waals surface area (Å²) < 4.78 is 5.20. The first kappa shape index (κ1) is 21.5. The number of ether oxygens (including phenoxy) is 1. The number of nitrogens with zero attached hydrogens (tertiary/aromatic N) is 1. The molecule has 5 nitrogen and oxygen atoms in total. The number of benzene rings is 2. The van der Waals surface area contributed by atoms with E-state index < -0.39 is 6.04 Å². The maximum atomic E-state index is 13.1. The van der Waals surface area contributed by atoms with Gasteiger partial charge in [-0.25, -0.2) is 0 Å². The molecule has 2 rings (SSSR count). The highest BCUT2D eigenvalue weighted by molar-refractivity contribution is 5.88. The number of methoxy groups -OCH3 is 1. The van der Waals surface area contributed by atoms with Crippen molar-refractivity contribution in [3.63, 3.8) is 0 Å². The lowest BCUT2D eigenvalue weighted by molar-refractivity contribution is -0.140. The maximum absolute atomic E-state index is 13.1. The van der Waals surface area contributed by atoms with Gasteiger partial charge in [0.05, 0.1) is 13.5 Å². The summed E-state index contributed by atoms with van der Waals surface area (Å²) in [5.74, 6) is 0.533. The van der Waals surface area contributed by atoms with E-state index in [4.69, 9.17) is 4.74 Å². The molecule has 1 N–H and O–H groups in total. The van der Waals surface area contributed by atoms with Gasteiger partial charge in [0.1, 0.15) is 11.8 Å². The van der Waals surface area contributed by atoms with Crippen molar-refractivity contribution in [2.24, 2.45) is 0 Å².